The summed E-state index contributed by atoms with van der Waals surface area (Å²) in [6, 6.07) is 15.7. The lowest BCUT2D eigenvalue weighted by molar-refractivity contribution is 0.0906. The van der Waals surface area contributed by atoms with Crippen LogP contribution in [0.25, 0.3) is 0 Å². The van der Waals surface area contributed by atoms with Crippen LogP contribution in [-0.4, -0.2) is 16.4 Å². The minimum Gasteiger partial charge on any atom is -0.292 e. The number of hydrogen-bond donors (Lipinski definition) is 0. The average Bonchev–Trinajstić information content (AvgIpc) is 2.46. The summed E-state index contributed by atoms with van der Waals surface area (Å²) in [5.41, 5.74) is 1.03. The lowest BCUT2D eigenvalue weighted by atomic mass is 10.0. The topological polar surface area (TPSA) is 34.1 Å². The summed E-state index contributed by atoms with van der Waals surface area (Å²) in [5.74, 6) is -0.463. The maximum absolute atomic E-state index is 12.2. The normalized spacial score (nSPS) is 11.9. The van der Waals surface area contributed by atoms with Crippen molar-refractivity contribution in [3.05, 3.63) is 70.2 Å². The minimum absolute atomic E-state index is 0.228. The second-order valence-corrected chi connectivity index (χ2v) is 5.80. The highest BCUT2D eigenvalue weighted by Gasteiger charge is 2.25. The molecule has 0 bridgehead atoms. The largest absolute Gasteiger partial charge is 0.292 e. The van der Waals surface area contributed by atoms with Crippen LogP contribution in [0.2, 0.25) is 0 Å². The van der Waals surface area contributed by atoms with Crippen LogP contribution in [0.5, 0.6) is 0 Å². The van der Waals surface area contributed by atoms with E-state index in [1.54, 1.807) is 48.5 Å². The fraction of sp³-hybridized carbons (Fsp3) is 0.0667. The molecule has 2 aromatic carbocycles. The predicted molar refractivity (Wildman–Crippen MR) is 82.0 cm³/mol. The molecule has 0 aliphatic carbocycles. The second kappa shape index (κ2) is 6.26. The smallest absolute Gasteiger partial charge is 0.184 e. The Morgan fingerprint density at radius 1 is 0.789 bits per heavy atom. The molecule has 0 amide bonds. The number of benzene rings is 2. The molecule has 0 radical (unpaired) electrons. The van der Waals surface area contributed by atoms with Crippen LogP contribution in [0.4, 0.5) is 0 Å². The van der Waals surface area contributed by atoms with Crippen molar-refractivity contribution in [2.45, 2.75) is 4.83 Å². The van der Waals surface area contributed by atoms with Crippen molar-refractivity contribution in [1.29, 1.82) is 0 Å². The summed E-state index contributed by atoms with van der Waals surface area (Å²) in [6.07, 6.45) is 0. The van der Waals surface area contributed by atoms with Gasteiger partial charge in [0.1, 0.15) is 4.83 Å². The molecule has 96 valence electrons. The highest BCUT2D eigenvalue weighted by atomic mass is 79.9. The Labute approximate surface area is 128 Å². The number of ketones is 2. The first-order valence-corrected chi connectivity index (χ1v) is 7.33. The molecule has 0 fully saturated rings. The molecule has 0 saturated heterocycles. The third kappa shape index (κ3) is 3.39. The number of carbonyl (C=O) groups excluding carboxylic acids is 2. The number of carbonyl (C=O) groups is 2. The van der Waals surface area contributed by atoms with Crippen LogP contribution in [0, 0.1) is 0 Å². The van der Waals surface area contributed by atoms with Crippen LogP contribution in [0.15, 0.2) is 59.1 Å². The molecule has 19 heavy (non-hydrogen) atoms. The van der Waals surface area contributed by atoms with Crippen molar-refractivity contribution < 1.29 is 9.59 Å². The molecular weight excluding hydrogens is 372 g/mol. The van der Waals surface area contributed by atoms with Crippen LogP contribution >= 0.6 is 31.9 Å². The van der Waals surface area contributed by atoms with E-state index in [1.165, 1.54) is 0 Å². The molecule has 0 aromatic heterocycles. The standard InChI is InChI=1S/C15H10Br2O2/c16-12-8-6-11(7-9-12)15(19)13(17)14(18)10-4-2-1-3-5-10/h1-9,13H. The summed E-state index contributed by atoms with van der Waals surface area (Å²) >= 11 is 6.50. The van der Waals surface area contributed by atoms with Gasteiger partial charge in [0.15, 0.2) is 11.6 Å². The van der Waals surface area contributed by atoms with Gasteiger partial charge < -0.3 is 0 Å². The first-order valence-electron chi connectivity index (χ1n) is 5.62. The van der Waals surface area contributed by atoms with Gasteiger partial charge in [-0.05, 0) is 12.1 Å². The fourth-order valence-electron chi connectivity index (χ4n) is 1.63. The van der Waals surface area contributed by atoms with Gasteiger partial charge in [0.2, 0.25) is 0 Å². The third-order valence-electron chi connectivity index (χ3n) is 2.65. The number of rotatable bonds is 4. The summed E-state index contributed by atoms with van der Waals surface area (Å²) in [6.45, 7) is 0. The molecule has 2 rings (SSSR count). The molecule has 1 atom stereocenters. The van der Waals surface area contributed by atoms with Crippen molar-refractivity contribution in [2.24, 2.45) is 0 Å². The van der Waals surface area contributed by atoms with E-state index in [0.717, 1.165) is 4.47 Å². The Morgan fingerprint density at radius 3 is 1.79 bits per heavy atom. The van der Waals surface area contributed by atoms with Gasteiger partial charge in [0.25, 0.3) is 0 Å². The average molecular weight is 382 g/mol. The molecule has 0 N–H and O–H groups in total. The second-order valence-electron chi connectivity index (χ2n) is 3.96. The van der Waals surface area contributed by atoms with Gasteiger partial charge in [-0.25, -0.2) is 0 Å². The molecule has 2 aromatic rings. The Balaban J connectivity index is 2.20. The van der Waals surface area contributed by atoms with E-state index < -0.39 is 4.83 Å². The van der Waals surface area contributed by atoms with Crippen LogP contribution in [0.3, 0.4) is 0 Å². The van der Waals surface area contributed by atoms with E-state index in [1.807, 2.05) is 6.07 Å². The summed E-state index contributed by atoms with van der Waals surface area (Å²) in [4.78, 5) is 23.5. The lowest BCUT2D eigenvalue weighted by Crippen LogP contribution is -2.24. The molecule has 0 heterocycles. The lowest BCUT2D eigenvalue weighted by Gasteiger charge is -2.08. The molecule has 0 saturated carbocycles. The van der Waals surface area contributed by atoms with Crippen molar-refractivity contribution in [2.75, 3.05) is 0 Å². The molecule has 2 nitrogen and oxygen atoms in total. The first kappa shape index (κ1) is 14.2. The summed E-state index contributed by atoms with van der Waals surface area (Å²) < 4.78 is 0.893. The van der Waals surface area contributed by atoms with E-state index in [0.29, 0.717) is 11.1 Å². The number of Topliss-reactive ketones (excluding diaryl/α,β-unsaturated/α-hetero) is 2. The van der Waals surface area contributed by atoms with Gasteiger partial charge in [-0.3, -0.25) is 9.59 Å². The van der Waals surface area contributed by atoms with E-state index in [9.17, 15) is 9.59 Å². The monoisotopic (exact) mass is 380 g/mol. The van der Waals surface area contributed by atoms with E-state index >= 15 is 0 Å². The molecule has 0 aliphatic heterocycles. The highest BCUT2D eigenvalue weighted by molar-refractivity contribution is 9.10. The van der Waals surface area contributed by atoms with Gasteiger partial charge in [-0.15, -0.1) is 0 Å². The van der Waals surface area contributed by atoms with E-state index in [2.05, 4.69) is 31.9 Å². The maximum atomic E-state index is 12.2. The van der Waals surface area contributed by atoms with Gasteiger partial charge in [0.05, 0.1) is 0 Å². The molecule has 0 aliphatic rings. The van der Waals surface area contributed by atoms with Crippen molar-refractivity contribution in [3.8, 4) is 0 Å². The van der Waals surface area contributed by atoms with Gasteiger partial charge in [-0.2, -0.15) is 0 Å². The van der Waals surface area contributed by atoms with Crippen LogP contribution in [-0.2, 0) is 0 Å². The number of alkyl halides is 1. The summed E-state index contributed by atoms with van der Waals surface area (Å²) in [5, 5.41) is 0. The predicted octanol–water partition coefficient (Wildman–Crippen LogP) is 4.28. The quantitative estimate of drug-likeness (QED) is 0.450. The van der Waals surface area contributed by atoms with Gasteiger partial charge in [-0.1, -0.05) is 74.3 Å². The van der Waals surface area contributed by atoms with Crippen molar-refractivity contribution >= 4 is 43.4 Å². The van der Waals surface area contributed by atoms with Crippen molar-refractivity contribution in [3.63, 3.8) is 0 Å². The van der Waals surface area contributed by atoms with Gasteiger partial charge in [0, 0.05) is 15.6 Å². The maximum Gasteiger partial charge on any atom is 0.184 e. The number of halogens is 2. The Bertz CT molecular complexity index is 591. The Kier molecular flexibility index (Phi) is 4.66. The minimum atomic E-state index is -0.851. The van der Waals surface area contributed by atoms with E-state index in [4.69, 9.17) is 0 Å². The third-order valence-corrected chi connectivity index (χ3v) is 4.01. The summed E-state index contributed by atoms with van der Waals surface area (Å²) in [7, 11) is 0. The zero-order valence-corrected chi connectivity index (χ0v) is 13.0. The first-order chi connectivity index (χ1) is 9.09. The van der Waals surface area contributed by atoms with E-state index in [-0.39, 0.29) is 11.6 Å². The Morgan fingerprint density at radius 2 is 1.26 bits per heavy atom. The molecule has 0 spiro atoms. The zero-order chi connectivity index (χ0) is 13.8. The van der Waals surface area contributed by atoms with Gasteiger partial charge >= 0.3 is 0 Å². The van der Waals surface area contributed by atoms with Crippen molar-refractivity contribution in [1.82, 2.24) is 0 Å². The molecular formula is C15H10Br2O2. The highest BCUT2D eigenvalue weighted by Crippen LogP contribution is 2.18. The Hall–Kier alpha value is -1.26. The van der Waals surface area contributed by atoms with Crippen LogP contribution < -0.4 is 0 Å². The number of hydrogen-bond acceptors (Lipinski definition) is 2. The SMILES string of the molecule is O=C(c1ccccc1)C(Br)C(=O)c1ccc(Br)cc1. The molecule has 1 unspecified atom stereocenters. The van der Waals surface area contributed by atoms with Crippen LogP contribution in [0.1, 0.15) is 20.7 Å². The zero-order valence-electron chi connectivity index (χ0n) is 9.85. The fourth-order valence-corrected chi connectivity index (χ4v) is 2.42. The molecule has 4 heteroatoms.